The first-order chi connectivity index (χ1) is 10.2. The number of hydrogen-bond donors (Lipinski definition) is 1. The second-order valence-electron chi connectivity index (χ2n) is 6.10. The van der Waals surface area contributed by atoms with Gasteiger partial charge in [0, 0.05) is 24.1 Å². The Bertz CT molecular complexity index is 517. The predicted molar refractivity (Wildman–Crippen MR) is 80.4 cm³/mol. The average molecular weight is 289 g/mol. The summed E-state index contributed by atoms with van der Waals surface area (Å²) in [6, 6.07) is 7.52. The number of aliphatic hydroxyl groups excluding tert-OH is 1. The lowest BCUT2D eigenvalue weighted by Gasteiger charge is -2.31. The maximum Gasteiger partial charge on any atom is 0.254 e. The highest BCUT2D eigenvalue weighted by molar-refractivity contribution is 5.95. The molecule has 114 valence electrons. The van der Waals surface area contributed by atoms with Crippen LogP contribution in [0, 0.1) is 5.92 Å². The van der Waals surface area contributed by atoms with Gasteiger partial charge in [0.15, 0.2) is 0 Å². The lowest BCUT2D eigenvalue weighted by molar-refractivity contribution is 0.0527. The molecule has 1 aromatic rings. The van der Waals surface area contributed by atoms with E-state index in [0.29, 0.717) is 11.3 Å². The molecule has 1 saturated carbocycles. The zero-order chi connectivity index (χ0) is 14.8. The fourth-order valence-corrected chi connectivity index (χ4v) is 3.83. The monoisotopic (exact) mass is 289 g/mol. The molecule has 1 heterocycles. The number of ether oxygens (including phenoxy) is 1. The zero-order valence-corrected chi connectivity index (χ0v) is 12.5. The third-order valence-corrected chi connectivity index (χ3v) is 4.90. The van der Waals surface area contributed by atoms with Crippen LogP contribution in [0.5, 0.6) is 5.75 Å². The molecular weight excluding hydrogens is 266 g/mol. The Hall–Kier alpha value is -1.55. The summed E-state index contributed by atoms with van der Waals surface area (Å²) >= 11 is 0. The lowest BCUT2D eigenvalue weighted by Crippen LogP contribution is -2.42. The molecule has 3 atom stereocenters. The van der Waals surface area contributed by atoms with Crippen molar-refractivity contribution in [2.45, 2.75) is 44.2 Å². The fourth-order valence-electron chi connectivity index (χ4n) is 3.83. The Morgan fingerprint density at radius 1 is 1.29 bits per heavy atom. The minimum Gasteiger partial charge on any atom is -0.497 e. The number of hydrogen-bond acceptors (Lipinski definition) is 3. The van der Waals surface area contributed by atoms with E-state index in [1.165, 1.54) is 0 Å². The molecule has 1 aliphatic heterocycles. The second kappa shape index (κ2) is 6.06. The number of amides is 1. The highest BCUT2D eigenvalue weighted by Crippen LogP contribution is 2.36. The summed E-state index contributed by atoms with van der Waals surface area (Å²) in [5.41, 5.74) is 0.675. The summed E-state index contributed by atoms with van der Waals surface area (Å²) in [4.78, 5) is 14.7. The van der Waals surface area contributed by atoms with Crippen LogP contribution in [-0.2, 0) is 0 Å². The molecule has 1 amide bonds. The molecule has 2 aliphatic rings. The number of aliphatic hydroxyl groups is 1. The van der Waals surface area contributed by atoms with Crippen LogP contribution < -0.4 is 4.74 Å². The predicted octanol–water partition coefficient (Wildman–Crippen LogP) is 2.46. The highest BCUT2D eigenvalue weighted by Gasteiger charge is 2.40. The normalized spacial score (nSPS) is 28.9. The van der Waals surface area contributed by atoms with E-state index < -0.39 is 0 Å². The van der Waals surface area contributed by atoms with Gasteiger partial charge in [-0.1, -0.05) is 12.5 Å². The van der Waals surface area contributed by atoms with Gasteiger partial charge < -0.3 is 14.7 Å². The number of likely N-dealkylation sites (tertiary alicyclic amines) is 1. The van der Waals surface area contributed by atoms with E-state index in [0.717, 1.165) is 38.6 Å². The maximum absolute atomic E-state index is 12.8. The van der Waals surface area contributed by atoms with Crippen molar-refractivity contribution in [1.82, 2.24) is 4.90 Å². The molecule has 0 spiro atoms. The van der Waals surface area contributed by atoms with E-state index in [1.54, 1.807) is 13.2 Å². The van der Waals surface area contributed by atoms with Crippen molar-refractivity contribution in [2.24, 2.45) is 5.92 Å². The van der Waals surface area contributed by atoms with E-state index in [1.807, 2.05) is 23.1 Å². The van der Waals surface area contributed by atoms with E-state index in [9.17, 15) is 9.90 Å². The van der Waals surface area contributed by atoms with Crippen molar-refractivity contribution in [3.63, 3.8) is 0 Å². The van der Waals surface area contributed by atoms with Crippen LogP contribution in [0.1, 0.15) is 42.5 Å². The van der Waals surface area contributed by atoms with Crippen LogP contribution in [0.15, 0.2) is 24.3 Å². The van der Waals surface area contributed by atoms with Gasteiger partial charge in [0.05, 0.1) is 13.2 Å². The Balaban J connectivity index is 1.79. The van der Waals surface area contributed by atoms with Gasteiger partial charge in [-0.15, -0.1) is 0 Å². The van der Waals surface area contributed by atoms with E-state index in [-0.39, 0.29) is 24.0 Å². The third kappa shape index (κ3) is 2.77. The fraction of sp³-hybridized carbons (Fsp3) is 0.588. The number of carbonyl (C=O) groups excluding carboxylic acids is 1. The topological polar surface area (TPSA) is 49.8 Å². The first-order valence-electron chi connectivity index (χ1n) is 7.84. The van der Waals surface area contributed by atoms with Crippen LogP contribution in [0.25, 0.3) is 0 Å². The summed E-state index contributed by atoms with van der Waals surface area (Å²) in [6.45, 7) is 0.796. The lowest BCUT2D eigenvalue weighted by atomic mass is 9.93. The second-order valence-corrected chi connectivity index (χ2v) is 6.10. The van der Waals surface area contributed by atoms with Crippen molar-refractivity contribution in [3.05, 3.63) is 29.8 Å². The van der Waals surface area contributed by atoms with Crippen LogP contribution in [0.2, 0.25) is 0 Å². The molecule has 1 aromatic carbocycles. The SMILES string of the molecule is COc1cccc(C(=O)N2CCCC2C2CCCC2O)c1. The molecule has 21 heavy (non-hydrogen) atoms. The summed E-state index contributed by atoms with van der Waals surface area (Å²) < 4.78 is 5.20. The molecule has 3 rings (SSSR count). The Morgan fingerprint density at radius 3 is 2.86 bits per heavy atom. The van der Waals surface area contributed by atoms with Gasteiger partial charge in [0.25, 0.3) is 5.91 Å². The molecule has 1 N–H and O–H groups in total. The van der Waals surface area contributed by atoms with Crippen molar-refractivity contribution in [2.75, 3.05) is 13.7 Å². The molecule has 3 unspecified atom stereocenters. The van der Waals surface area contributed by atoms with Crippen molar-refractivity contribution < 1.29 is 14.6 Å². The highest BCUT2D eigenvalue weighted by atomic mass is 16.5. The molecule has 1 aliphatic carbocycles. The minimum absolute atomic E-state index is 0.0653. The van der Waals surface area contributed by atoms with E-state index in [4.69, 9.17) is 4.74 Å². The first kappa shape index (κ1) is 14.4. The summed E-state index contributed by atoms with van der Waals surface area (Å²) in [7, 11) is 1.61. The molecule has 1 saturated heterocycles. The third-order valence-electron chi connectivity index (χ3n) is 4.90. The van der Waals surface area contributed by atoms with E-state index >= 15 is 0 Å². The van der Waals surface area contributed by atoms with Gasteiger partial charge >= 0.3 is 0 Å². The molecule has 4 nitrogen and oxygen atoms in total. The zero-order valence-electron chi connectivity index (χ0n) is 12.5. The van der Waals surface area contributed by atoms with Crippen LogP contribution in [-0.4, -0.2) is 41.7 Å². The summed E-state index contributed by atoms with van der Waals surface area (Å²) in [5, 5.41) is 10.1. The molecule has 0 aromatic heterocycles. The maximum atomic E-state index is 12.8. The largest absolute Gasteiger partial charge is 0.497 e. The molecule has 2 fully saturated rings. The van der Waals surface area contributed by atoms with Crippen LogP contribution in [0.3, 0.4) is 0 Å². The standard InChI is InChI=1S/C17H23NO3/c1-21-13-6-2-5-12(11-13)17(20)18-10-4-8-15(18)14-7-3-9-16(14)19/h2,5-6,11,14-16,19H,3-4,7-10H2,1H3. The minimum atomic E-state index is -0.242. The summed E-state index contributed by atoms with van der Waals surface area (Å²) in [6.07, 6.45) is 4.79. The number of methoxy groups -OCH3 is 1. The Morgan fingerprint density at radius 2 is 2.14 bits per heavy atom. The number of rotatable bonds is 3. The number of carbonyl (C=O) groups is 1. The molecule has 4 heteroatoms. The Kier molecular flexibility index (Phi) is 4.15. The molecule has 0 radical (unpaired) electrons. The van der Waals surface area contributed by atoms with Crippen LogP contribution in [0.4, 0.5) is 0 Å². The van der Waals surface area contributed by atoms with Gasteiger partial charge in [-0.25, -0.2) is 0 Å². The summed E-state index contributed by atoms with van der Waals surface area (Å²) in [5.74, 6) is 1.02. The van der Waals surface area contributed by atoms with Gasteiger partial charge in [0.1, 0.15) is 5.75 Å². The van der Waals surface area contributed by atoms with E-state index in [2.05, 4.69) is 0 Å². The van der Waals surface area contributed by atoms with Crippen molar-refractivity contribution in [1.29, 1.82) is 0 Å². The quantitative estimate of drug-likeness (QED) is 0.930. The van der Waals surface area contributed by atoms with Crippen molar-refractivity contribution in [3.8, 4) is 5.75 Å². The van der Waals surface area contributed by atoms with Gasteiger partial charge in [0.2, 0.25) is 0 Å². The number of nitrogens with zero attached hydrogens (tertiary/aromatic N) is 1. The average Bonchev–Trinajstić information content (AvgIpc) is 3.14. The van der Waals surface area contributed by atoms with Gasteiger partial charge in [-0.3, -0.25) is 4.79 Å². The smallest absolute Gasteiger partial charge is 0.254 e. The van der Waals surface area contributed by atoms with Crippen molar-refractivity contribution >= 4 is 5.91 Å². The number of benzene rings is 1. The molecule has 0 bridgehead atoms. The van der Waals surface area contributed by atoms with Crippen LogP contribution >= 0.6 is 0 Å². The first-order valence-corrected chi connectivity index (χ1v) is 7.84. The van der Waals surface area contributed by atoms with Gasteiger partial charge in [-0.2, -0.15) is 0 Å². The Labute approximate surface area is 125 Å². The van der Waals surface area contributed by atoms with Gasteiger partial charge in [-0.05, 0) is 43.9 Å². The molecular formula is C17H23NO3.